The molecular weight excluding hydrogens is 506 g/mol. The van der Waals surface area contributed by atoms with Crippen molar-refractivity contribution in [3.8, 4) is 11.3 Å². The van der Waals surface area contributed by atoms with Gasteiger partial charge in [0.2, 0.25) is 0 Å². The fourth-order valence-electron chi connectivity index (χ4n) is 2.88. The van der Waals surface area contributed by atoms with Gasteiger partial charge in [0.05, 0.1) is 27.4 Å². The van der Waals surface area contributed by atoms with Gasteiger partial charge in [0.1, 0.15) is 15.6 Å². The Morgan fingerprint density at radius 2 is 1.84 bits per heavy atom. The Bertz CT molecular complexity index is 1450. The minimum atomic E-state index is -3.90. The van der Waals surface area contributed by atoms with Crippen molar-refractivity contribution in [1.82, 2.24) is 15.0 Å². The van der Waals surface area contributed by atoms with E-state index in [2.05, 4.69) is 35.6 Å². The number of fused-ring (bicyclic) bond motifs is 1. The Morgan fingerprint density at radius 1 is 1.06 bits per heavy atom. The number of amides is 1. The Kier molecular flexibility index (Phi) is 5.61. The van der Waals surface area contributed by atoms with Gasteiger partial charge < -0.3 is 5.73 Å². The van der Waals surface area contributed by atoms with E-state index in [1.165, 1.54) is 12.3 Å². The van der Waals surface area contributed by atoms with Crippen LogP contribution in [0.3, 0.4) is 0 Å². The molecule has 0 aliphatic rings. The number of para-hydroxylation sites is 1. The molecule has 0 aliphatic carbocycles. The molecular formula is C20H13BrClN5O3S. The van der Waals surface area contributed by atoms with Crippen LogP contribution in [0.4, 0.5) is 5.69 Å². The molecule has 3 N–H and O–H groups in total. The van der Waals surface area contributed by atoms with Gasteiger partial charge in [0.25, 0.3) is 15.9 Å². The van der Waals surface area contributed by atoms with Crippen LogP contribution < -0.4 is 10.5 Å². The quantitative estimate of drug-likeness (QED) is 0.384. The predicted molar refractivity (Wildman–Crippen MR) is 121 cm³/mol. The third-order valence-corrected chi connectivity index (χ3v) is 6.81. The summed E-state index contributed by atoms with van der Waals surface area (Å²) >= 11 is 9.00. The van der Waals surface area contributed by atoms with Crippen molar-refractivity contribution in [3.05, 3.63) is 76.1 Å². The molecule has 0 spiro atoms. The summed E-state index contributed by atoms with van der Waals surface area (Å²) in [6, 6.07) is 13.0. The molecule has 2 aromatic heterocycles. The summed E-state index contributed by atoms with van der Waals surface area (Å²) in [5, 5.41) is 0.158. The smallest absolute Gasteiger partial charge is 0.263 e. The number of carbonyl (C=O) groups is 1. The van der Waals surface area contributed by atoms with Gasteiger partial charge in [-0.15, -0.1) is 0 Å². The molecule has 0 saturated carbocycles. The van der Waals surface area contributed by atoms with Crippen molar-refractivity contribution < 1.29 is 13.2 Å². The van der Waals surface area contributed by atoms with Crippen LogP contribution in [0.1, 0.15) is 10.4 Å². The maximum absolute atomic E-state index is 12.7. The van der Waals surface area contributed by atoms with E-state index in [1.54, 1.807) is 48.7 Å². The lowest BCUT2D eigenvalue weighted by Gasteiger charge is -2.10. The number of nitrogens with one attached hydrogen (secondary N) is 1. The molecule has 31 heavy (non-hydrogen) atoms. The lowest BCUT2D eigenvalue weighted by atomic mass is 10.1. The van der Waals surface area contributed by atoms with Crippen LogP contribution in [0.25, 0.3) is 22.3 Å². The highest BCUT2D eigenvalue weighted by atomic mass is 79.9. The fourth-order valence-corrected chi connectivity index (χ4v) is 4.50. The number of rotatable bonds is 5. The molecule has 8 nitrogen and oxygen atoms in total. The van der Waals surface area contributed by atoms with Gasteiger partial charge in [0, 0.05) is 17.4 Å². The monoisotopic (exact) mass is 517 g/mol. The summed E-state index contributed by atoms with van der Waals surface area (Å²) in [5.74, 6) is -0.610. The highest BCUT2D eigenvalue weighted by molar-refractivity contribution is 9.10. The highest BCUT2D eigenvalue weighted by Gasteiger charge is 2.17. The number of hydrogen-bond acceptors (Lipinski definition) is 6. The number of anilines is 1. The number of primary amides is 1. The number of nitrogens with two attached hydrogens (primary N) is 1. The Labute approximate surface area is 190 Å². The second-order valence-electron chi connectivity index (χ2n) is 6.42. The van der Waals surface area contributed by atoms with Crippen LogP contribution in [0.2, 0.25) is 5.15 Å². The van der Waals surface area contributed by atoms with Gasteiger partial charge >= 0.3 is 0 Å². The highest BCUT2D eigenvalue weighted by Crippen LogP contribution is 2.27. The number of carbonyl (C=O) groups excluding carboxylic acids is 1. The maximum Gasteiger partial charge on any atom is 0.263 e. The average molecular weight is 519 g/mol. The Hall–Kier alpha value is -3.08. The molecule has 11 heteroatoms. The van der Waals surface area contributed by atoms with Crippen molar-refractivity contribution in [2.75, 3.05) is 4.72 Å². The second-order valence-corrected chi connectivity index (χ2v) is 9.32. The Morgan fingerprint density at radius 3 is 2.58 bits per heavy atom. The van der Waals surface area contributed by atoms with E-state index in [9.17, 15) is 13.2 Å². The van der Waals surface area contributed by atoms with Gasteiger partial charge in [0.15, 0.2) is 0 Å². The number of pyridine rings is 1. The van der Waals surface area contributed by atoms with E-state index in [0.717, 1.165) is 0 Å². The van der Waals surface area contributed by atoms with Gasteiger partial charge in [-0.2, -0.15) is 0 Å². The number of halogens is 2. The van der Waals surface area contributed by atoms with Crippen LogP contribution >= 0.6 is 27.5 Å². The largest absolute Gasteiger partial charge is 0.366 e. The number of sulfonamides is 1. The maximum atomic E-state index is 12.7. The number of aromatic nitrogens is 3. The van der Waals surface area contributed by atoms with Gasteiger partial charge in [-0.05, 0) is 46.3 Å². The average Bonchev–Trinajstić information content (AvgIpc) is 2.74. The first kappa shape index (κ1) is 21.2. The minimum Gasteiger partial charge on any atom is -0.366 e. The molecule has 0 atom stereocenters. The summed E-state index contributed by atoms with van der Waals surface area (Å²) in [4.78, 5) is 24.4. The van der Waals surface area contributed by atoms with E-state index in [0.29, 0.717) is 32.5 Å². The van der Waals surface area contributed by atoms with E-state index < -0.39 is 15.9 Å². The Balaban J connectivity index is 1.71. The first-order chi connectivity index (χ1) is 14.7. The molecule has 0 radical (unpaired) electrons. The molecule has 4 aromatic rings. The van der Waals surface area contributed by atoms with Gasteiger partial charge in [-0.1, -0.05) is 29.8 Å². The first-order valence-corrected chi connectivity index (χ1v) is 11.4. The molecule has 156 valence electrons. The standard InChI is InChI=1S/C20H13BrClN5O3S/c21-15-8-13(9-25-19(15)22)31(29,30)27-12-4-1-3-11(7-12)17-10-24-16-6-2-5-14(20(23)28)18(16)26-17/h1-10,27H,(H2,23,28). The SMILES string of the molecule is NC(=O)c1cccc2ncc(-c3cccc(NS(=O)(=O)c4cnc(Cl)c(Br)c4)c3)nc12. The minimum absolute atomic E-state index is 0.0502. The van der Waals surface area contributed by atoms with E-state index >= 15 is 0 Å². The molecule has 0 bridgehead atoms. The van der Waals surface area contributed by atoms with Crippen LogP contribution in [0.15, 0.2) is 70.3 Å². The summed E-state index contributed by atoms with van der Waals surface area (Å²) in [6.07, 6.45) is 2.71. The van der Waals surface area contributed by atoms with E-state index in [-0.39, 0.29) is 15.6 Å². The topological polar surface area (TPSA) is 128 Å². The summed E-state index contributed by atoms with van der Waals surface area (Å²) in [7, 11) is -3.90. The van der Waals surface area contributed by atoms with Crippen molar-refractivity contribution in [3.63, 3.8) is 0 Å². The van der Waals surface area contributed by atoms with Crippen LogP contribution in [-0.2, 0) is 10.0 Å². The number of hydrogen-bond donors (Lipinski definition) is 2. The molecule has 4 rings (SSSR count). The first-order valence-electron chi connectivity index (χ1n) is 8.74. The molecule has 0 fully saturated rings. The van der Waals surface area contributed by atoms with Crippen molar-refractivity contribution in [2.45, 2.75) is 4.90 Å². The zero-order valence-electron chi connectivity index (χ0n) is 15.6. The lowest BCUT2D eigenvalue weighted by Crippen LogP contribution is -2.13. The summed E-state index contributed by atoms with van der Waals surface area (Å²) in [6.45, 7) is 0. The van der Waals surface area contributed by atoms with E-state index in [4.69, 9.17) is 17.3 Å². The lowest BCUT2D eigenvalue weighted by molar-refractivity contribution is 0.100. The zero-order valence-corrected chi connectivity index (χ0v) is 18.7. The summed E-state index contributed by atoms with van der Waals surface area (Å²) in [5.41, 5.74) is 7.96. The van der Waals surface area contributed by atoms with Crippen molar-refractivity contribution in [2.24, 2.45) is 5.73 Å². The van der Waals surface area contributed by atoms with Crippen molar-refractivity contribution >= 4 is 60.2 Å². The number of benzene rings is 2. The molecule has 1 amide bonds. The van der Waals surface area contributed by atoms with Crippen LogP contribution in [0.5, 0.6) is 0 Å². The zero-order chi connectivity index (χ0) is 22.2. The normalized spacial score (nSPS) is 11.4. The molecule has 0 saturated heterocycles. The molecule has 2 heterocycles. The van der Waals surface area contributed by atoms with Crippen molar-refractivity contribution in [1.29, 1.82) is 0 Å². The van der Waals surface area contributed by atoms with E-state index in [1.807, 2.05) is 0 Å². The summed E-state index contributed by atoms with van der Waals surface area (Å²) < 4.78 is 28.3. The van der Waals surface area contributed by atoms with Gasteiger partial charge in [-0.3, -0.25) is 14.5 Å². The fraction of sp³-hybridized carbons (Fsp3) is 0. The molecule has 0 aliphatic heterocycles. The van der Waals surface area contributed by atoms with Crippen LogP contribution in [0, 0.1) is 0 Å². The van der Waals surface area contributed by atoms with Gasteiger partial charge in [-0.25, -0.2) is 18.4 Å². The third-order valence-electron chi connectivity index (χ3n) is 4.33. The second kappa shape index (κ2) is 8.22. The molecule has 2 aromatic carbocycles. The predicted octanol–water partition coefficient (Wildman–Crippen LogP) is 4.01. The number of nitrogens with zero attached hydrogens (tertiary/aromatic N) is 3. The third kappa shape index (κ3) is 4.36. The molecule has 0 unspecified atom stereocenters. The van der Waals surface area contributed by atoms with Crippen LogP contribution in [-0.4, -0.2) is 29.3 Å².